The van der Waals surface area contributed by atoms with Gasteiger partial charge in [0.1, 0.15) is 0 Å². The number of ether oxygens (including phenoxy) is 1. The van der Waals surface area contributed by atoms with Crippen LogP contribution in [0.5, 0.6) is 0 Å². The molecule has 0 aliphatic rings. The van der Waals surface area contributed by atoms with Gasteiger partial charge in [-0.25, -0.2) is 0 Å². The van der Waals surface area contributed by atoms with Crippen LogP contribution in [0.25, 0.3) is 0 Å². The third kappa shape index (κ3) is 5.50. The Kier molecular flexibility index (Phi) is 7.44. The van der Waals surface area contributed by atoms with Gasteiger partial charge in [-0.3, -0.25) is 4.79 Å². The Morgan fingerprint density at radius 3 is 2.81 bits per heavy atom. The number of rotatable bonds is 6. The van der Waals surface area contributed by atoms with Crippen molar-refractivity contribution in [1.29, 1.82) is 0 Å². The van der Waals surface area contributed by atoms with Gasteiger partial charge in [0.25, 0.3) is 5.91 Å². The minimum Gasteiger partial charge on any atom is -0.383 e. The number of aryl methyl sites for hydroxylation is 1. The lowest BCUT2D eigenvalue weighted by atomic mass is 10.2. The molecule has 1 aromatic heterocycles. The highest BCUT2D eigenvalue weighted by molar-refractivity contribution is 7.14. The third-order valence-electron chi connectivity index (χ3n) is 2.87. The Bertz CT molecular complexity index is 526. The SMILES string of the molecule is COCCN(CC(C)C)C(=O)c1cc(C)c(C#CCN)s1. The van der Waals surface area contributed by atoms with Gasteiger partial charge in [0, 0.05) is 20.2 Å². The molecule has 1 aromatic rings. The van der Waals surface area contributed by atoms with Crippen LogP contribution < -0.4 is 5.73 Å². The monoisotopic (exact) mass is 308 g/mol. The highest BCUT2D eigenvalue weighted by Gasteiger charge is 2.19. The molecule has 0 saturated carbocycles. The van der Waals surface area contributed by atoms with E-state index >= 15 is 0 Å². The van der Waals surface area contributed by atoms with Gasteiger partial charge in [0.05, 0.1) is 22.9 Å². The van der Waals surface area contributed by atoms with E-state index in [1.54, 1.807) is 7.11 Å². The van der Waals surface area contributed by atoms with Crippen LogP contribution >= 0.6 is 11.3 Å². The average molecular weight is 308 g/mol. The fourth-order valence-electron chi connectivity index (χ4n) is 1.92. The number of carbonyl (C=O) groups is 1. The molecule has 21 heavy (non-hydrogen) atoms. The van der Waals surface area contributed by atoms with Crippen molar-refractivity contribution < 1.29 is 9.53 Å². The van der Waals surface area contributed by atoms with Crippen LogP contribution in [0.1, 0.15) is 34.0 Å². The van der Waals surface area contributed by atoms with Gasteiger partial charge < -0.3 is 15.4 Å². The van der Waals surface area contributed by atoms with E-state index in [0.29, 0.717) is 25.6 Å². The Morgan fingerprint density at radius 2 is 2.24 bits per heavy atom. The quantitative estimate of drug-likeness (QED) is 0.819. The van der Waals surface area contributed by atoms with Gasteiger partial charge in [-0.15, -0.1) is 11.3 Å². The number of thiophene rings is 1. The van der Waals surface area contributed by atoms with Crippen molar-refractivity contribution in [3.8, 4) is 11.8 Å². The maximum atomic E-state index is 12.6. The molecule has 1 heterocycles. The van der Waals surface area contributed by atoms with E-state index in [9.17, 15) is 4.79 Å². The smallest absolute Gasteiger partial charge is 0.264 e. The molecule has 0 spiro atoms. The lowest BCUT2D eigenvalue weighted by Gasteiger charge is -2.23. The number of nitrogens with two attached hydrogens (primary N) is 1. The van der Waals surface area contributed by atoms with Crippen molar-refractivity contribution >= 4 is 17.2 Å². The maximum Gasteiger partial charge on any atom is 0.264 e. The lowest BCUT2D eigenvalue weighted by Crippen LogP contribution is -2.36. The van der Waals surface area contributed by atoms with Gasteiger partial charge in [0.15, 0.2) is 0 Å². The second kappa shape index (κ2) is 8.83. The van der Waals surface area contributed by atoms with Crippen LogP contribution in [0, 0.1) is 24.7 Å². The zero-order valence-electron chi connectivity index (χ0n) is 13.2. The summed E-state index contributed by atoms with van der Waals surface area (Å²) in [6.45, 7) is 8.37. The van der Waals surface area contributed by atoms with E-state index in [1.807, 2.05) is 17.9 Å². The largest absolute Gasteiger partial charge is 0.383 e. The fraction of sp³-hybridized carbons (Fsp3) is 0.562. The standard InChI is InChI=1S/C16H24N2O2S/c1-12(2)11-18(8-9-20-4)16(19)15-10-13(3)14(21-15)6-5-7-17/h10,12H,7-9,11,17H2,1-4H3. The number of amides is 1. The summed E-state index contributed by atoms with van der Waals surface area (Å²) in [6.07, 6.45) is 0. The first-order valence-electron chi connectivity index (χ1n) is 7.07. The molecule has 0 aromatic carbocycles. The van der Waals surface area contributed by atoms with Gasteiger partial charge in [-0.2, -0.15) is 0 Å². The summed E-state index contributed by atoms with van der Waals surface area (Å²) in [7, 11) is 1.65. The maximum absolute atomic E-state index is 12.6. The summed E-state index contributed by atoms with van der Waals surface area (Å²) in [5.41, 5.74) is 6.42. The normalized spacial score (nSPS) is 10.4. The molecular weight excluding hydrogens is 284 g/mol. The van der Waals surface area contributed by atoms with Crippen LogP contribution in [0.2, 0.25) is 0 Å². The van der Waals surface area contributed by atoms with Crippen LogP contribution in [-0.2, 0) is 4.74 Å². The molecule has 4 nitrogen and oxygen atoms in total. The van der Waals surface area contributed by atoms with E-state index in [2.05, 4.69) is 25.7 Å². The molecule has 0 radical (unpaired) electrons. The van der Waals surface area contributed by atoms with Gasteiger partial charge in [-0.05, 0) is 24.5 Å². The van der Waals surface area contributed by atoms with Crippen molar-refractivity contribution in [2.75, 3.05) is 33.4 Å². The summed E-state index contributed by atoms with van der Waals surface area (Å²) in [4.78, 5) is 16.1. The third-order valence-corrected chi connectivity index (χ3v) is 4.01. The van der Waals surface area contributed by atoms with Gasteiger partial charge >= 0.3 is 0 Å². The van der Waals surface area contributed by atoms with E-state index in [4.69, 9.17) is 10.5 Å². The molecule has 0 bridgehead atoms. The lowest BCUT2D eigenvalue weighted by molar-refractivity contribution is 0.0677. The van der Waals surface area contributed by atoms with Crippen LogP contribution in [0.4, 0.5) is 0 Å². The Hall–Kier alpha value is -1.35. The molecule has 5 heteroatoms. The second-order valence-corrected chi connectivity index (χ2v) is 6.32. The first-order chi connectivity index (χ1) is 9.99. The predicted molar refractivity (Wildman–Crippen MR) is 87.6 cm³/mol. The molecule has 0 aliphatic carbocycles. The van der Waals surface area contributed by atoms with E-state index in [1.165, 1.54) is 11.3 Å². The molecule has 116 valence electrons. The Labute approximate surface area is 131 Å². The number of hydrogen-bond acceptors (Lipinski definition) is 4. The van der Waals surface area contributed by atoms with Crippen molar-refractivity contribution in [2.24, 2.45) is 11.7 Å². The molecule has 2 N–H and O–H groups in total. The molecule has 0 aliphatic heterocycles. The van der Waals surface area contributed by atoms with Crippen molar-refractivity contribution in [1.82, 2.24) is 4.90 Å². The topological polar surface area (TPSA) is 55.6 Å². The zero-order valence-corrected chi connectivity index (χ0v) is 14.0. The second-order valence-electron chi connectivity index (χ2n) is 5.27. The molecule has 0 fully saturated rings. The summed E-state index contributed by atoms with van der Waals surface area (Å²) >= 11 is 1.44. The van der Waals surface area contributed by atoms with Crippen molar-refractivity contribution in [3.63, 3.8) is 0 Å². The molecule has 0 saturated heterocycles. The first kappa shape index (κ1) is 17.7. The number of nitrogens with zero attached hydrogens (tertiary/aromatic N) is 1. The Balaban J connectivity index is 2.92. The first-order valence-corrected chi connectivity index (χ1v) is 7.88. The minimum absolute atomic E-state index is 0.0506. The van der Waals surface area contributed by atoms with Gasteiger partial charge in [0.2, 0.25) is 0 Å². The summed E-state index contributed by atoms with van der Waals surface area (Å²) in [5, 5.41) is 0. The average Bonchev–Trinajstić information content (AvgIpc) is 2.81. The number of carbonyl (C=O) groups excluding carboxylic acids is 1. The summed E-state index contributed by atoms with van der Waals surface area (Å²) in [6, 6.07) is 1.91. The van der Waals surface area contributed by atoms with Crippen molar-refractivity contribution in [2.45, 2.75) is 20.8 Å². The van der Waals surface area contributed by atoms with Crippen LogP contribution in [-0.4, -0.2) is 44.2 Å². The molecule has 0 unspecified atom stereocenters. The predicted octanol–water partition coefficient (Wildman–Crippen LogP) is 2.11. The van der Waals surface area contributed by atoms with Crippen LogP contribution in [0.15, 0.2) is 6.07 Å². The van der Waals surface area contributed by atoms with Gasteiger partial charge in [-0.1, -0.05) is 25.7 Å². The fourth-order valence-corrected chi connectivity index (χ4v) is 2.93. The zero-order chi connectivity index (χ0) is 15.8. The summed E-state index contributed by atoms with van der Waals surface area (Å²) in [5.74, 6) is 6.33. The highest BCUT2D eigenvalue weighted by Crippen LogP contribution is 2.22. The van der Waals surface area contributed by atoms with Crippen LogP contribution in [0.3, 0.4) is 0 Å². The minimum atomic E-state index is 0.0506. The number of hydrogen-bond donors (Lipinski definition) is 1. The van der Waals surface area contributed by atoms with E-state index in [0.717, 1.165) is 21.9 Å². The molecule has 1 amide bonds. The van der Waals surface area contributed by atoms with Crippen molar-refractivity contribution in [3.05, 3.63) is 21.4 Å². The van der Waals surface area contributed by atoms with E-state index in [-0.39, 0.29) is 5.91 Å². The Morgan fingerprint density at radius 1 is 1.52 bits per heavy atom. The molecule has 1 rings (SSSR count). The molecule has 0 atom stereocenters. The highest BCUT2D eigenvalue weighted by atomic mass is 32.1. The van der Waals surface area contributed by atoms with E-state index < -0.39 is 0 Å². The summed E-state index contributed by atoms with van der Waals surface area (Å²) < 4.78 is 5.10. The molecular formula is C16H24N2O2S. The number of methoxy groups -OCH3 is 1.